The number of morpholine rings is 1. The van der Waals surface area contributed by atoms with Crippen molar-refractivity contribution in [3.05, 3.63) is 16.8 Å². The molecule has 124 valence electrons. The van der Waals surface area contributed by atoms with E-state index in [0.717, 1.165) is 0 Å². The highest BCUT2D eigenvalue weighted by Crippen LogP contribution is 2.20. The average Bonchev–Trinajstić information content (AvgIpc) is 2.68. The molecule has 1 unspecified atom stereocenters. The topological polar surface area (TPSA) is 69.4 Å². The van der Waals surface area contributed by atoms with Gasteiger partial charge >= 0.3 is 5.69 Å². The highest BCUT2D eigenvalue weighted by molar-refractivity contribution is 5.76. The summed E-state index contributed by atoms with van der Waals surface area (Å²) in [4.78, 5) is 26.5. The van der Waals surface area contributed by atoms with Crippen LogP contribution in [0.1, 0.15) is 41.5 Å². The van der Waals surface area contributed by atoms with Crippen LogP contribution in [0.3, 0.4) is 0 Å². The second kappa shape index (κ2) is 5.53. The van der Waals surface area contributed by atoms with Crippen molar-refractivity contribution in [2.45, 2.75) is 65.3 Å². The first kappa shape index (κ1) is 16.7. The van der Waals surface area contributed by atoms with Crippen LogP contribution >= 0.6 is 0 Å². The van der Waals surface area contributed by atoms with Crippen molar-refractivity contribution >= 4 is 5.91 Å². The van der Waals surface area contributed by atoms with E-state index in [1.165, 1.54) is 15.6 Å². The fraction of sp³-hybridized carbons (Fsp3) is 0.800. The summed E-state index contributed by atoms with van der Waals surface area (Å²) in [7, 11) is 0. The summed E-state index contributed by atoms with van der Waals surface area (Å²) < 4.78 is 8.55. The van der Waals surface area contributed by atoms with E-state index >= 15 is 0 Å². The average molecular weight is 310 g/mol. The van der Waals surface area contributed by atoms with Crippen LogP contribution in [0.2, 0.25) is 0 Å². The number of rotatable bonds is 2. The van der Waals surface area contributed by atoms with Crippen LogP contribution in [0, 0.1) is 0 Å². The second-order valence-corrected chi connectivity index (χ2v) is 7.59. The number of amides is 1. The molecular weight excluding hydrogens is 284 g/mol. The first-order valence-corrected chi connectivity index (χ1v) is 7.60. The van der Waals surface area contributed by atoms with Gasteiger partial charge in [-0.25, -0.2) is 9.48 Å². The Morgan fingerprint density at radius 3 is 2.59 bits per heavy atom. The van der Waals surface area contributed by atoms with E-state index in [9.17, 15) is 9.59 Å². The molecule has 0 bridgehead atoms. The van der Waals surface area contributed by atoms with Crippen molar-refractivity contribution in [1.82, 2.24) is 19.2 Å². The summed E-state index contributed by atoms with van der Waals surface area (Å²) >= 11 is 0. The Morgan fingerprint density at radius 1 is 1.45 bits per heavy atom. The molecule has 1 saturated heterocycles. The largest absolute Gasteiger partial charge is 0.369 e. The number of hydrogen-bond donors (Lipinski definition) is 0. The Bertz CT molecular complexity index is 609. The lowest BCUT2D eigenvalue weighted by atomic mass is 10.1. The SMILES string of the molecule is CC1CN(C(=O)Cn2cnn(C(C)(C)C)c2=O)CC(C)(C)O1. The predicted molar refractivity (Wildman–Crippen MR) is 82.7 cm³/mol. The lowest BCUT2D eigenvalue weighted by Crippen LogP contribution is -2.54. The molecule has 0 aromatic carbocycles. The first-order chi connectivity index (χ1) is 9.99. The fourth-order valence-corrected chi connectivity index (χ4v) is 2.79. The maximum Gasteiger partial charge on any atom is 0.346 e. The predicted octanol–water partition coefficient (Wildman–Crippen LogP) is 0.826. The first-order valence-electron chi connectivity index (χ1n) is 7.60. The summed E-state index contributed by atoms with van der Waals surface area (Å²) in [5.41, 5.74) is -1.03. The minimum Gasteiger partial charge on any atom is -0.369 e. The van der Waals surface area contributed by atoms with Gasteiger partial charge in [0.15, 0.2) is 0 Å². The number of nitrogens with zero attached hydrogens (tertiary/aromatic N) is 4. The molecule has 7 nitrogen and oxygen atoms in total. The molecule has 1 aromatic heterocycles. The normalized spacial score (nSPS) is 21.9. The van der Waals surface area contributed by atoms with Gasteiger partial charge in [-0.05, 0) is 41.5 Å². The molecule has 1 aromatic rings. The Balaban J connectivity index is 2.13. The van der Waals surface area contributed by atoms with Crippen LogP contribution in [0.5, 0.6) is 0 Å². The third-order valence-corrected chi connectivity index (χ3v) is 3.60. The van der Waals surface area contributed by atoms with Crippen molar-refractivity contribution in [3.8, 4) is 0 Å². The molecule has 0 radical (unpaired) electrons. The van der Waals surface area contributed by atoms with Gasteiger partial charge in [0.25, 0.3) is 0 Å². The summed E-state index contributed by atoms with van der Waals surface area (Å²) in [5.74, 6) is -0.0845. The Morgan fingerprint density at radius 2 is 2.09 bits per heavy atom. The lowest BCUT2D eigenvalue weighted by Gasteiger charge is -2.41. The highest BCUT2D eigenvalue weighted by Gasteiger charge is 2.34. The molecule has 1 amide bonds. The molecule has 1 aliphatic heterocycles. The van der Waals surface area contributed by atoms with Crippen molar-refractivity contribution in [2.24, 2.45) is 0 Å². The molecule has 22 heavy (non-hydrogen) atoms. The van der Waals surface area contributed by atoms with Gasteiger partial charge in [-0.1, -0.05) is 0 Å². The molecule has 7 heteroatoms. The Labute approximate surface area is 130 Å². The van der Waals surface area contributed by atoms with Crippen molar-refractivity contribution in [1.29, 1.82) is 0 Å². The molecular formula is C15H26N4O3. The lowest BCUT2D eigenvalue weighted by molar-refractivity contribution is -0.158. The zero-order chi connectivity index (χ0) is 16.7. The fourth-order valence-electron chi connectivity index (χ4n) is 2.79. The van der Waals surface area contributed by atoms with Gasteiger partial charge in [0.1, 0.15) is 12.9 Å². The van der Waals surface area contributed by atoms with Crippen molar-refractivity contribution in [2.75, 3.05) is 13.1 Å². The summed E-state index contributed by atoms with van der Waals surface area (Å²) in [5, 5.41) is 4.10. The zero-order valence-electron chi connectivity index (χ0n) is 14.3. The minimum absolute atomic E-state index is 0.0116. The van der Waals surface area contributed by atoms with Crippen LogP contribution in [-0.4, -0.2) is 49.9 Å². The van der Waals surface area contributed by atoms with E-state index in [2.05, 4.69) is 5.10 Å². The van der Waals surface area contributed by atoms with Crippen LogP contribution in [0.4, 0.5) is 0 Å². The van der Waals surface area contributed by atoms with Gasteiger partial charge < -0.3 is 9.64 Å². The monoisotopic (exact) mass is 310 g/mol. The van der Waals surface area contributed by atoms with E-state index in [1.54, 1.807) is 4.90 Å². The Hall–Kier alpha value is -1.63. The van der Waals surface area contributed by atoms with E-state index in [0.29, 0.717) is 13.1 Å². The zero-order valence-corrected chi connectivity index (χ0v) is 14.3. The maximum absolute atomic E-state index is 12.5. The van der Waals surface area contributed by atoms with Crippen LogP contribution in [0.15, 0.2) is 11.1 Å². The van der Waals surface area contributed by atoms with Crippen LogP contribution < -0.4 is 5.69 Å². The summed E-state index contributed by atoms with van der Waals surface area (Å²) in [6, 6.07) is 0. The number of aromatic nitrogens is 3. The Kier molecular flexibility index (Phi) is 4.21. The van der Waals surface area contributed by atoms with Crippen LogP contribution in [-0.2, 0) is 21.6 Å². The van der Waals surface area contributed by atoms with Crippen LogP contribution in [0.25, 0.3) is 0 Å². The highest BCUT2D eigenvalue weighted by atomic mass is 16.5. The third kappa shape index (κ3) is 3.58. The third-order valence-electron chi connectivity index (χ3n) is 3.60. The molecule has 2 rings (SSSR count). The van der Waals surface area contributed by atoms with Gasteiger partial charge in [-0.3, -0.25) is 9.36 Å². The van der Waals surface area contributed by atoms with Gasteiger partial charge in [0.05, 0.1) is 17.2 Å². The molecule has 1 aliphatic rings. The molecule has 1 atom stereocenters. The van der Waals surface area contributed by atoms with Gasteiger partial charge in [-0.15, -0.1) is 0 Å². The molecule has 0 N–H and O–H groups in total. The van der Waals surface area contributed by atoms with Crippen molar-refractivity contribution in [3.63, 3.8) is 0 Å². The number of carbonyl (C=O) groups excluding carboxylic acids is 1. The van der Waals surface area contributed by atoms with E-state index < -0.39 is 5.54 Å². The van der Waals surface area contributed by atoms with E-state index in [1.807, 2.05) is 41.5 Å². The second-order valence-electron chi connectivity index (χ2n) is 7.59. The summed E-state index contributed by atoms with van der Waals surface area (Å²) in [6.45, 7) is 12.7. The van der Waals surface area contributed by atoms with E-state index in [-0.39, 0.29) is 29.8 Å². The summed E-state index contributed by atoms with van der Waals surface area (Å²) in [6.07, 6.45) is 1.42. The van der Waals surface area contributed by atoms with Crippen molar-refractivity contribution < 1.29 is 9.53 Å². The van der Waals surface area contributed by atoms with Gasteiger partial charge in [0, 0.05) is 13.1 Å². The minimum atomic E-state index is -0.402. The van der Waals surface area contributed by atoms with Gasteiger partial charge in [-0.2, -0.15) is 5.10 Å². The smallest absolute Gasteiger partial charge is 0.346 e. The standard InChI is InChI=1S/C15H26N4O3/c1-11-7-17(9-15(5,6)22-11)12(20)8-18-10-16-19(13(18)21)14(2,3)4/h10-11H,7-9H2,1-6H3. The number of ether oxygens (including phenoxy) is 1. The molecule has 2 heterocycles. The molecule has 0 spiro atoms. The molecule has 1 fully saturated rings. The van der Waals surface area contributed by atoms with E-state index in [4.69, 9.17) is 4.74 Å². The van der Waals surface area contributed by atoms with Gasteiger partial charge in [0.2, 0.25) is 5.91 Å². The quantitative estimate of drug-likeness (QED) is 0.811. The molecule has 0 aliphatic carbocycles. The number of carbonyl (C=O) groups is 1. The maximum atomic E-state index is 12.5. The number of hydrogen-bond acceptors (Lipinski definition) is 4. The molecule has 0 saturated carbocycles.